The molecule has 0 aromatic heterocycles. The first kappa shape index (κ1) is 16.2. The Morgan fingerprint density at radius 1 is 1.33 bits per heavy atom. The molecule has 0 bridgehead atoms. The Bertz CT molecular complexity index is 483. The van der Waals surface area contributed by atoms with Crippen LogP contribution in [0.3, 0.4) is 0 Å². The topological polar surface area (TPSA) is 29.5 Å². The normalized spacial score (nSPS) is 16.1. The van der Waals surface area contributed by atoms with Crippen LogP contribution >= 0.6 is 11.6 Å². The van der Waals surface area contributed by atoms with E-state index in [1.165, 1.54) is 5.56 Å². The molecule has 1 aliphatic rings. The predicted octanol–water partition coefficient (Wildman–Crippen LogP) is 4.03. The predicted molar refractivity (Wildman–Crippen MR) is 86.2 cm³/mol. The van der Waals surface area contributed by atoms with Gasteiger partial charge in [-0.05, 0) is 42.4 Å². The molecule has 1 saturated heterocycles. The Balaban J connectivity index is 2.15. The van der Waals surface area contributed by atoms with Gasteiger partial charge in [0, 0.05) is 19.5 Å². The molecule has 4 heteroatoms. The molecule has 0 spiro atoms. The van der Waals surface area contributed by atoms with Crippen molar-refractivity contribution >= 4 is 17.5 Å². The highest BCUT2D eigenvalue weighted by atomic mass is 35.5. The summed E-state index contributed by atoms with van der Waals surface area (Å²) in [5, 5.41) is 0.724. The molecule has 116 valence electrons. The van der Waals surface area contributed by atoms with Gasteiger partial charge in [-0.1, -0.05) is 31.5 Å². The Morgan fingerprint density at radius 3 is 2.52 bits per heavy atom. The Kier molecular flexibility index (Phi) is 5.51. The van der Waals surface area contributed by atoms with Crippen LogP contribution in [0.25, 0.3) is 0 Å². The highest BCUT2D eigenvalue weighted by Crippen LogP contribution is 2.36. The number of nitrogens with zero attached hydrogens (tertiary/aromatic N) is 1. The summed E-state index contributed by atoms with van der Waals surface area (Å²) in [5.74, 6) is 1.51. The lowest BCUT2D eigenvalue weighted by molar-refractivity contribution is -0.131. The molecule has 1 aromatic carbocycles. The van der Waals surface area contributed by atoms with E-state index in [0.29, 0.717) is 12.3 Å². The zero-order valence-corrected chi connectivity index (χ0v) is 13.9. The number of piperidine rings is 1. The molecule has 1 amide bonds. The first-order chi connectivity index (χ1) is 10.1. The molecule has 3 nitrogen and oxygen atoms in total. The van der Waals surface area contributed by atoms with Crippen molar-refractivity contribution in [1.82, 2.24) is 4.90 Å². The quantitative estimate of drug-likeness (QED) is 0.840. The molecule has 0 unspecified atom stereocenters. The molecule has 1 aromatic rings. The zero-order valence-electron chi connectivity index (χ0n) is 13.1. The van der Waals surface area contributed by atoms with Crippen LogP contribution in [-0.2, 0) is 11.2 Å². The molecule has 0 radical (unpaired) electrons. The molecular formula is C17H24ClNO2. The SMILES string of the molecule is CCC(=O)N1CCC(c2cc(CC)c(Cl)c(OC)c2)CC1. The molecule has 0 aliphatic carbocycles. The van der Waals surface area contributed by atoms with Gasteiger partial charge in [-0.25, -0.2) is 0 Å². The lowest BCUT2D eigenvalue weighted by Gasteiger charge is -2.32. The maximum absolute atomic E-state index is 11.7. The van der Waals surface area contributed by atoms with E-state index in [1.807, 2.05) is 11.8 Å². The monoisotopic (exact) mass is 309 g/mol. The third-order valence-electron chi connectivity index (χ3n) is 4.36. The number of hydrogen-bond acceptors (Lipinski definition) is 2. The summed E-state index contributed by atoms with van der Waals surface area (Å²) in [6, 6.07) is 4.26. The second-order valence-corrected chi connectivity index (χ2v) is 5.94. The fraction of sp³-hybridized carbons (Fsp3) is 0.588. The molecular weight excluding hydrogens is 286 g/mol. The molecule has 0 atom stereocenters. The van der Waals surface area contributed by atoms with Crippen LogP contribution in [-0.4, -0.2) is 31.0 Å². The fourth-order valence-electron chi connectivity index (χ4n) is 3.01. The fourth-order valence-corrected chi connectivity index (χ4v) is 3.33. The highest BCUT2D eigenvalue weighted by Gasteiger charge is 2.24. The van der Waals surface area contributed by atoms with Crippen LogP contribution in [0.1, 0.15) is 50.2 Å². The first-order valence-electron chi connectivity index (χ1n) is 7.74. The van der Waals surface area contributed by atoms with Crippen LogP contribution < -0.4 is 4.74 Å². The van der Waals surface area contributed by atoms with Crippen LogP contribution in [0.15, 0.2) is 12.1 Å². The van der Waals surface area contributed by atoms with E-state index < -0.39 is 0 Å². The van der Waals surface area contributed by atoms with Crippen molar-refractivity contribution in [2.24, 2.45) is 0 Å². The van der Waals surface area contributed by atoms with E-state index in [0.717, 1.165) is 48.7 Å². The summed E-state index contributed by atoms with van der Waals surface area (Å²) < 4.78 is 5.40. The van der Waals surface area contributed by atoms with Crippen molar-refractivity contribution in [3.63, 3.8) is 0 Å². The van der Waals surface area contributed by atoms with Gasteiger partial charge < -0.3 is 9.64 Å². The third-order valence-corrected chi connectivity index (χ3v) is 4.79. The number of methoxy groups -OCH3 is 1. The minimum Gasteiger partial charge on any atom is -0.495 e. The number of halogens is 1. The van der Waals surface area contributed by atoms with E-state index in [4.69, 9.17) is 16.3 Å². The smallest absolute Gasteiger partial charge is 0.222 e. The summed E-state index contributed by atoms with van der Waals surface area (Å²) in [7, 11) is 1.66. The standard InChI is InChI=1S/C17H24ClNO2/c1-4-12-10-14(11-15(21-3)17(12)18)13-6-8-19(9-7-13)16(20)5-2/h10-11,13H,4-9H2,1-3H3. The summed E-state index contributed by atoms with van der Waals surface area (Å²) in [6.07, 6.45) is 3.52. The van der Waals surface area contributed by atoms with Gasteiger partial charge in [0.1, 0.15) is 5.75 Å². The lowest BCUT2D eigenvalue weighted by Crippen LogP contribution is -2.37. The number of amides is 1. The van der Waals surface area contributed by atoms with Gasteiger partial charge in [-0.2, -0.15) is 0 Å². The molecule has 0 N–H and O–H groups in total. The second-order valence-electron chi connectivity index (χ2n) is 5.56. The highest BCUT2D eigenvalue weighted by molar-refractivity contribution is 6.32. The van der Waals surface area contributed by atoms with Gasteiger partial charge in [-0.15, -0.1) is 0 Å². The van der Waals surface area contributed by atoms with Gasteiger partial charge >= 0.3 is 0 Å². The number of likely N-dealkylation sites (tertiary alicyclic amines) is 1. The van der Waals surface area contributed by atoms with Gasteiger partial charge in [0.15, 0.2) is 0 Å². The average Bonchev–Trinajstić information content (AvgIpc) is 2.54. The molecule has 2 rings (SSSR count). The summed E-state index contributed by atoms with van der Waals surface area (Å²) >= 11 is 6.33. The second kappa shape index (κ2) is 7.17. The summed E-state index contributed by atoms with van der Waals surface area (Å²) in [5.41, 5.74) is 2.43. The van der Waals surface area contributed by atoms with Crippen molar-refractivity contribution < 1.29 is 9.53 Å². The van der Waals surface area contributed by atoms with Crippen LogP contribution in [0, 0.1) is 0 Å². The molecule has 0 saturated carbocycles. The van der Waals surface area contributed by atoms with Crippen molar-refractivity contribution in [3.05, 3.63) is 28.3 Å². The minimum atomic E-state index is 0.261. The van der Waals surface area contributed by atoms with Crippen LogP contribution in [0.2, 0.25) is 5.02 Å². The third kappa shape index (κ3) is 3.52. The number of rotatable bonds is 4. The molecule has 1 fully saturated rings. The number of carbonyl (C=O) groups is 1. The molecule has 1 aliphatic heterocycles. The number of hydrogen-bond donors (Lipinski definition) is 0. The largest absolute Gasteiger partial charge is 0.495 e. The van der Waals surface area contributed by atoms with Crippen LogP contribution in [0.5, 0.6) is 5.75 Å². The van der Waals surface area contributed by atoms with Crippen molar-refractivity contribution in [2.75, 3.05) is 20.2 Å². The van der Waals surface area contributed by atoms with Gasteiger partial charge in [0.25, 0.3) is 0 Å². The zero-order chi connectivity index (χ0) is 15.4. The Morgan fingerprint density at radius 2 is 2.00 bits per heavy atom. The van der Waals surface area contributed by atoms with Crippen LogP contribution in [0.4, 0.5) is 0 Å². The van der Waals surface area contributed by atoms with E-state index in [9.17, 15) is 4.79 Å². The average molecular weight is 310 g/mol. The van der Waals surface area contributed by atoms with E-state index >= 15 is 0 Å². The van der Waals surface area contributed by atoms with Gasteiger partial charge in [0.05, 0.1) is 12.1 Å². The van der Waals surface area contributed by atoms with Gasteiger partial charge in [0.2, 0.25) is 5.91 Å². The molecule has 1 heterocycles. The van der Waals surface area contributed by atoms with Crippen molar-refractivity contribution in [3.8, 4) is 5.75 Å². The van der Waals surface area contributed by atoms with Gasteiger partial charge in [-0.3, -0.25) is 4.79 Å². The summed E-state index contributed by atoms with van der Waals surface area (Å²) in [4.78, 5) is 13.7. The Labute approximate surface area is 132 Å². The maximum atomic E-state index is 11.7. The number of carbonyl (C=O) groups excluding carboxylic acids is 1. The van der Waals surface area contributed by atoms with Crippen molar-refractivity contribution in [2.45, 2.75) is 45.4 Å². The van der Waals surface area contributed by atoms with E-state index in [2.05, 4.69) is 19.1 Å². The Hall–Kier alpha value is -1.22. The molecule has 21 heavy (non-hydrogen) atoms. The van der Waals surface area contributed by atoms with Crippen molar-refractivity contribution in [1.29, 1.82) is 0 Å². The number of benzene rings is 1. The number of aryl methyl sites for hydroxylation is 1. The minimum absolute atomic E-state index is 0.261. The van der Waals surface area contributed by atoms with E-state index in [-0.39, 0.29) is 5.91 Å². The summed E-state index contributed by atoms with van der Waals surface area (Å²) in [6.45, 7) is 5.73. The first-order valence-corrected chi connectivity index (χ1v) is 8.12. The number of ether oxygens (including phenoxy) is 1. The lowest BCUT2D eigenvalue weighted by atomic mass is 9.88. The maximum Gasteiger partial charge on any atom is 0.222 e. The van der Waals surface area contributed by atoms with E-state index in [1.54, 1.807) is 7.11 Å².